The number of fused-ring (bicyclic) bond motifs is 1. The lowest BCUT2D eigenvalue weighted by Crippen LogP contribution is -1.84. The number of aromatic nitrogens is 1. The Morgan fingerprint density at radius 2 is 1.73 bits per heavy atom. The zero-order valence-corrected chi connectivity index (χ0v) is 13.0. The van der Waals surface area contributed by atoms with E-state index in [2.05, 4.69) is 58.9 Å². The number of hydrogen-bond acceptors (Lipinski definition) is 2. The highest BCUT2D eigenvalue weighted by atomic mass is 32.1. The van der Waals surface area contributed by atoms with Crippen LogP contribution in [0.3, 0.4) is 0 Å². The van der Waals surface area contributed by atoms with Crippen LogP contribution in [0.1, 0.15) is 0 Å². The summed E-state index contributed by atoms with van der Waals surface area (Å²) in [5.74, 6) is 0.873. The Hall–Kier alpha value is -2.52. The molecule has 2 nitrogen and oxygen atoms in total. The minimum atomic E-state index is 0.873. The van der Waals surface area contributed by atoms with E-state index in [-0.39, 0.29) is 0 Å². The van der Waals surface area contributed by atoms with E-state index >= 15 is 0 Å². The van der Waals surface area contributed by atoms with Gasteiger partial charge in [0.15, 0.2) is 0 Å². The van der Waals surface area contributed by atoms with Gasteiger partial charge in [-0.2, -0.15) is 0 Å². The highest BCUT2D eigenvalue weighted by molar-refractivity contribution is 7.13. The average molecular weight is 305 g/mol. The second-order valence-electron chi connectivity index (χ2n) is 5.13. The van der Waals surface area contributed by atoms with E-state index in [1.165, 1.54) is 21.4 Å². The van der Waals surface area contributed by atoms with Gasteiger partial charge in [0.2, 0.25) is 0 Å². The second kappa shape index (κ2) is 5.35. The Labute approximate surface area is 133 Å². The van der Waals surface area contributed by atoms with Crippen LogP contribution in [0, 0.1) is 0 Å². The van der Waals surface area contributed by atoms with E-state index < -0.39 is 0 Å². The molecule has 4 rings (SSSR count). The molecule has 0 atom stereocenters. The van der Waals surface area contributed by atoms with Crippen molar-refractivity contribution in [3.05, 3.63) is 66.0 Å². The quantitative estimate of drug-likeness (QED) is 0.525. The van der Waals surface area contributed by atoms with Crippen molar-refractivity contribution in [2.24, 2.45) is 0 Å². The first-order valence-electron chi connectivity index (χ1n) is 7.16. The molecule has 1 N–H and O–H groups in total. The van der Waals surface area contributed by atoms with Crippen LogP contribution in [0.15, 0.2) is 66.0 Å². The van der Waals surface area contributed by atoms with Gasteiger partial charge in [-0.3, -0.25) is 0 Å². The molecular weight excluding hydrogens is 290 g/mol. The summed E-state index contributed by atoms with van der Waals surface area (Å²) in [6.45, 7) is 0. The third-order valence-electron chi connectivity index (χ3n) is 3.85. The molecule has 0 fully saturated rings. The smallest absolute Gasteiger partial charge is 0.118 e. The second-order valence-corrected chi connectivity index (χ2v) is 6.07. The van der Waals surface area contributed by atoms with E-state index in [9.17, 15) is 0 Å². The molecule has 0 saturated heterocycles. The van der Waals surface area contributed by atoms with Gasteiger partial charge in [-0.15, -0.1) is 11.3 Å². The number of nitrogens with one attached hydrogen (secondary N) is 1. The Morgan fingerprint density at radius 3 is 2.45 bits per heavy atom. The third-order valence-corrected chi connectivity index (χ3v) is 4.74. The van der Waals surface area contributed by atoms with Gasteiger partial charge in [-0.25, -0.2) is 0 Å². The normalized spacial score (nSPS) is 11.0. The standard InChI is InChI=1S/C19H15NOS/c1-21-14-10-8-13(9-11-14)19-18(17-7-4-12-22-17)15-5-2-3-6-16(15)20-19/h2-12,20H,1H3. The van der Waals surface area contributed by atoms with Crippen LogP contribution < -0.4 is 4.74 Å². The maximum absolute atomic E-state index is 5.26. The summed E-state index contributed by atoms with van der Waals surface area (Å²) < 4.78 is 5.26. The number of benzene rings is 2. The summed E-state index contributed by atoms with van der Waals surface area (Å²) in [7, 11) is 1.69. The van der Waals surface area contributed by atoms with Crippen LogP contribution in [0.4, 0.5) is 0 Å². The molecule has 4 aromatic rings. The lowest BCUT2D eigenvalue weighted by atomic mass is 10.0. The molecule has 0 aliphatic rings. The zero-order chi connectivity index (χ0) is 14.9. The molecule has 0 radical (unpaired) electrons. The largest absolute Gasteiger partial charge is 0.497 e. The molecule has 0 spiro atoms. The van der Waals surface area contributed by atoms with Gasteiger partial charge in [0.25, 0.3) is 0 Å². The average Bonchev–Trinajstić information content (AvgIpc) is 3.21. The van der Waals surface area contributed by atoms with Gasteiger partial charge in [0, 0.05) is 21.3 Å². The van der Waals surface area contributed by atoms with Crippen molar-refractivity contribution in [3.63, 3.8) is 0 Å². The fourth-order valence-electron chi connectivity index (χ4n) is 2.79. The van der Waals surface area contributed by atoms with E-state index in [0.29, 0.717) is 0 Å². The summed E-state index contributed by atoms with van der Waals surface area (Å²) in [6, 6.07) is 20.9. The third kappa shape index (κ3) is 2.11. The first-order chi connectivity index (χ1) is 10.9. The van der Waals surface area contributed by atoms with Crippen molar-refractivity contribution >= 4 is 22.2 Å². The molecule has 108 valence electrons. The topological polar surface area (TPSA) is 25.0 Å². The molecule has 0 amide bonds. The Morgan fingerprint density at radius 1 is 0.909 bits per heavy atom. The molecule has 3 heteroatoms. The highest BCUT2D eigenvalue weighted by Crippen LogP contribution is 2.40. The molecule has 2 aromatic heterocycles. The van der Waals surface area contributed by atoms with Crippen molar-refractivity contribution < 1.29 is 4.74 Å². The molecule has 0 aliphatic heterocycles. The summed E-state index contributed by atoms with van der Waals surface area (Å²) in [6.07, 6.45) is 0. The van der Waals surface area contributed by atoms with Crippen molar-refractivity contribution in [2.45, 2.75) is 0 Å². The number of thiophene rings is 1. The monoisotopic (exact) mass is 305 g/mol. The summed E-state index contributed by atoms with van der Waals surface area (Å²) in [4.78, 5) is 4.85. The van der Waals surface area contributed by atoms with E-state index in [4.69, 9.17) is 4.74 Å². The number of hydrogen-bond donors (Lipinski definition) is 1. The molecular formula is C19H15NOS. The van der Waals surface area contributed by atoms with Crippen LogP contribution in [0.2, 0.25) is 0 Å². The molecule has 0 unspecified atom stereocenters. The molecule has 0 bridgehead atoms. The van der Waals surface area contributed by atoms with Crippen LogP contribution >= 0.6 is 11.3 Å². The summed E-state index contributed by atoms with van der Waals surface area (Å²) in [5.41, 5.74) is 4.76. The summed E-state index contributed by atoms with van der Waals surface area (Å²) in [5, 5.41) is 3.38. The minimum Gasteiger partial charge on any atom is -0.497 e. The lowest BCUT2D eigenvalue weighted by Gasteiger charge is -2.05. The van der Waals surface area contributed by atoms with Gasteiger partial charge < -0.3 is 9.72 Å². The Kier molecular flexibility index (Phi) is 3.20. The van der Waals surface area contributed by atoms with Crippen molar-refractivity contribution in [2.75, 3.05) is 7.11 Å². The van der Waals surface area contributed by atoms with Crippen molar-refractivity contribution in [1.82, 2.24) is 4.98 Å². The number of ether oxygens (including phenoxy) is 1. The molecule has 2 aromatic carbocycles. The van der Waals surface area contributed by atoms with Crippen LogP contribution in [0.25, 0.3) is 32.6 Å². The Balaban J connectivity index is 1.98. The van der Waals surface area contributed by atoms with Gasteiger partial charge in [-0.1, -0.05) is 24.3 Å². The van der Waals surface area contributed by atoms with Crippen LogP contribution in [-0.2, 0) is 0 Å². The Bertz CT molecular complexity index is 904. The minimum absolute atomic E-state index is 0.873. The number of aromatic amines is 1. The maximum Gasteiger partial charge on any atom is 0.118 e. The number of para-hydroxylation sites is 1. The number of H-pyrrole nitrogens is 1. The molecule has 0 saturated carbocycles. The maximum atomic E-state index is 5.26. The lowest BCUT2D eigenvalue weighted by molar-refractivity contribution is 0.415. The van der Waals surface area contributed by atoms with Gasteiger partial charge in [0.1, 0.15) is 5.75 Å². The molecule has 0 aliphatic carbocycles. The van der Waals surface area contributed by atoms with Gasteiger partial charge in [0.05, 0.1) is 12.8 Å². The van der Waals surface area contributed by atoms with E-state index in [1.54, 1.807) is 18.4 Å². The van der Waals surface area contributed by atoms with Crippen molar-refractivity contribution in [3.8, 4) is 27.4 Å². The van der Waals surface area contributed by atoms with Crippen LogP contribution in [-0.4, -0.2) is 12.1 Å². The van der Waals surface area contributed by atoms with Crippen LogP contribution in [0.5, 0.6) is 5.75 Å². The first kappa shape index (κ1) is 13.2. The molecule has 2 heterocycles. The fraction of sp³-hybridized carbons (Fsp3) is 0.0526. The summed E-state index contributed by atoms with van der Waals surface area (Å²) >= 11 is 1.77. The fourth-order valence-corrected chi connectivity index (χ4v) is 3.58. The first-order valence-corrected chi connectivity index (χ1v) is 8.04. The number of rotatable bonds is 3. The van der Waals surface area contributed by atoms with Gasteiger partial charge >= 0.3 is 0 Å². The predicted octanol–water partition coefficient (Wildman–Crippen LogP) is 5.57. The highest BCUT2D eigenvalue weighted by Gasteiger charge is 2.15. The van der Waals surface area contributed by atoms with E-state index in [1.807, 2.05) is 12.1 Å². The van der Waals surface area contributed by atoms with Gasteiger partial charge in [-0.05, 0) is 47.3 Å². The predicted molar refractivity (Wildman–Crippen MR) is 93.6 cm³/mol. The van der Waals surface area contributed by atoms with E-state index in [0.717, 1.165) is 17.0 Å². The molecule has 22 heavy (non-hydrogen) atoms. The SMILES string of the molecule is COc1ccc(-c2[nH]c3ccccc3c2-c2cccs2)cc1. The van der Waals surface area contributed by atoms with Crippen molar-refractivity contribution in [1.29, 1.82) is 0 Å². The zero-order valence-electron chi connectivity index (χ0n) is 12.2. The number of methoxy groups -OCH3 is 1.